The molecule has 0 aromatic heterocycles. The molecule has 0 amide bonds. The quantitative estimate of drug-likeness (QED) is 0.551. The highest BCUT2D eigenvalue weighted by Gasteiger charge is 2.39. The Hall–Kier alpha value is -0.760. The maximum atomic E-state index is 9.94. The zero-order chi connectivity index (χ0) is 15.6. The number of ether oxygens (including phenoxy) is 1. The summed E-state index contributed by atoms with van der Waals surface area (Å²) < 4.78 is 6.27. The van der Waals surface area contributed by atoms with Crippen LogP contribution in [-0.4, -0.2) is 17.3 Å². The Morgan fingerprint density at radius 1 is 1.10 bits per heavy atom. The van der Waals surface area contributed by atoms with Crippen molar-refractivity contribution >= 4 is 0 Å². The molecule has 1 atom stereocenters. The van der Waals surface area contributed by atoms with Crippen LogP contribution in [0.1, 0.15) is 67.7 Å². The van der Waals surface area contributed by atoms with Crippen LogP contribution in [-0.2, 0) is 4.74 Å². The van der Waals surface area contributed by atoms with Gasteiger partial charge in [-0.3, -0.25) is 0 Å². The summed E-state index contributed by atoms with van der Waals surface area (Å²) in [5.74, 6) is 0.328. The first-order valence-corrected chi connectivity index (χ1v) is 7.77. The zero-order valence-electron chi connectivity index (χ0n) is 14.3. The zero-order valence-corrected chi connectivity index (χ0v) is 14.3. The van der Waals surface area contributed by atoms with Gasteiger partial charge in [-0.05, 0) is 56.9 Å². The summed E-state index contributed by atoms with van der Waals surface area (Å²) >= 11 is 0. The molecular formula is C18H32O2. The van der Waals surface area contributed by atoms with Crippen molar-refractivity contribution in [3.8, 4) is 0 Å². The van der Waals surface area contributed by atoms with Crippen LogP contribution in [0, 0.1) is 10.8 Å². The summed E-state index contributed by atoms with van der Waals surface area (Å²) in [6, 6.07) is 0. The van der Waals surface area contributed by atoms with Crippen LogP contribution in [0.2, 0.25) is 0 Å². The summed E-state index contributed by atoms with van der Waals surface area (Å²) in [4.78, 5) is 0. The largest absolute Gasteiger partial charge is 0.508 e. The van der Waals surface area contributed by atoms with Crippen LogP contribution in [0.15, 0.2) is 23.5 Å². The standard InChI is InChI=1S/C18H32O2/c1-8-15(16(19)9-2)13(3)20-14-10-17(4,5)12-18(6,7)11-14/h8-9,13-14,19H,10-12H2,1-7H3/b15-8-,16-9+/t13-/m0/s1. The van der Waals surface area contributed by atoms with E-state index in [1.807, 2.05) is 26.8 Å². The fourth-order valence-corrected chi connectivity index (χ4v) is 3.96. The molecule has 1 rings (SSSR count). The third-order valence-corrected chi connectivity index (χ3v) is 4.23. The van der Waals surface area contributed by atoms with Crippen molar-refractivity contribution in [2.75, 3.05) is 0 Å². The number of hydrogen-bond donors (Lipinski definition) is 1. The van der Waals surface area contributed by atoms with Crippen LogP contribution in [0.5, 0.6) is 0 Å². The Morgan fingerprint density at radius 2 is 1.60 bits per heavy atom. The minimum atomic E-state index is -0.0640. The number of aliphatic hydroxyl groups excluding tert-OH is 1. The highest BCUT2D eigenvalue weighted by molar-refractivity contribution is 5.27. The molecule has 0 saturated heterocycles. The Balaban J connectivity index is 2.77. The Bertz CT molecular complexity index is 372. The van der Waals surface area contributed by atoms with Crippen molar-refractivity contribution in [1.29, 1.82) is 0 Å². The van der Waals surface area contributed by atoms with Crippen LogP contribution >= 0.6 is 0 Å². The Labute approximate surface area is 124 Å². The molecule has 0 aromatic rings. The normalized spacial score (nSPS) is 25.6. The lowest BCUT2D eigenvalue weighted by Crippen LogP contribution is -2.39. The van der Waals surface area contributed by atoms with Crippen molar-refractivity contribution < 1.29 is 9.84 Å². The van der Waals surface area contributed by atoms with Gasteiger partial charge < -0.3 is 9.84 Å². The van der Waals surface area contributed by atoms with Gasteiger partial charge in [-0.1, -0.05) is 33.8 Å². The second-order valence-corrected chi connectivity index (χ2v) is 7.73. The third kappa shape index (κ3) is 4.66. The molecule has 1 saturated carbocycles. The van der Waals surface area contributed by atoms with E-state index < -0.39 is 0 Å². The molecule has 0 spiro atoms. The summed E-state index contributed by atoms with van der Waals surface area (Å²) in [5.41, 5.74) is 1.53. The van der Waals surface area contributed by atoms with Crippen molar-refractivity contribution in [2.24, 2.45) is 10.8 Å². The van der Waals surface area contributed by atoms with Gasteiger partial charge in [0.15, 0.2) is 0 Å². The highest BCUT2D eigenvalue weighted by atomic mass is 16.5. The van der Waals surface area contributed by atoms with Gasteiger partial charge in [0.1, 0.15) is 5.76 Å². The van der Waals surface area contributed by atoms with Gasteiger partial charge in [0.2, 0.25) is 0 Å². The molecule has 0 heterocycles. The van der Waals surface area contributed by atoms with Gasteiger partial charge in [-0.2, -0.15) is 0 Å². The number of allylic oxidation sites excluding steroid dienone is 2. The lowest BCUT2D eigenvalue weighted by molar-refractivity contribution is -0.0684. The van der Waals surface area contributed by atoms with E-state index in [-0.39, 0.29) is 12.2 Å². The van der Waals surface area contributed by atoms with Crippen molar-refractivity contribution in [2.45, 2.75) is 79.9 Å². The van der Waals surface area contributed by atoms with E-state index in [1.54, 1.807) is 6.08 Å². The van der Waals surface area contributed by atoms with Gasteiger partial charge in [0, 0.05) is 5.57 Å². The highest BCUT2D eigenvalue weighted by Crippen LogP contribution is 2.47. The molecule has 1 fully saturated rings. The van der Waals surface area contributed by atoms with Crippen molar-refractivity contribution in [3.05, 3.63) is 23.5 Å². The average molecular weight is 280 g/mol. The molecular weight excluding hydrogens is 248 g/mol. The molecule has 2 nitrogen and oxygen atoms in total. The van der Waals surface area contributed by atoms with Crippen LogP contribution in [0.3, 0.4) is 0 Å². The summed E-state index contributed by atoms with van der Waals surface area (Å²) in [6.07, 6.45) is 7.30. The predicted octanol–water partition coefficient (Wildman–Crippen LogP) is 5.40. The van der Waals surface area contributed by atoms with E-state index in [0.29, 0.717) is 16.6 Å². The molecule has 0 radical (unpaired) electrons. The van der Waals surface area contributed by atoms with E-state index in [2.05, 4.69) is 27.7 Å². The Morgan fingerprint density at radius 3 is 2.00 bits per heavy atom. The fraction of sp³-hybridized carbons (Fsp3) is 0.778. The second-order valence-electron chi connectivity index (χ2n) is 7.73. The first-order valence-electron chi connectivity index (χ1n) is 7.77. The fourth-order valence-electron chi connectivity index (χ4n) is 3.96. The molecule has 0 aliphatic heterocycles. The van der Waals surface area contributed by atoms with Gasteiger partial charge >= 0.3 is 0 Å². The van der Waals surface area contributed by atoms with Gasteiger partial charge in [0.05, 0.1) is 12.2 Å². The predicted molar refractivity (Wildman–Crippen MR) is 85.9 cm³/mol. The second kappa shape index (κ2) is 6.34. The molecule has 2 heteroatoms. The SMILES string of the molecule is C/C=C(\C(O)=C/C)[C@H](C)OC1CC(C)(C)CC(C)(C)C1. The van der Waals surface area contributed by atoms with E-state index in [4.69, 9.17) is 4.74 Å². The lowest BCUT2D eigenvalue weighted by atomic mass is 9.64. The Kier molecular flexibility index (Phi) is 5.48. The minimum absolute atomic E-state index is 0.0640. The maximum absolute atomic E-state index is 9.94. The van der Waals surface area contributed by atoms with Gasteiger partial charge in [-0.25, -0.2) is 0 Å². The van der Waals surface area contributed by atoms with E-state index in [9.17, 15) is 5.11 Å². The van der Waals surface area contributed by atoms with E-state index in [1.165, 1.54) is 6.42 Å². The summed E-state index contributed by atoms with van der Waals surface area (Å²) in [7, 11) is 0. The molecule has 1 aliphatic carbocycles. The first-order chi connectivity index (χ1) is 9.10. The molecule has 0 unspecified atom stereocenters. The van der Waals surface area contributed by atoms with E-state index in [0.717, 1.165) is 18.4 Å². The smallest absolute Gasteiger partial charge is 0.116 e. The van der Waals surface area contributed by atoms with E-state index >= 15 is 0 Å². The van der Waals surface area contributed by atoms with Crippen LogP contribution < -0.4 is 0 Å². The molecule has 0 bridgehead atoms. The molecule has 0 aromatic carbocycles. The van der Waals surface area contributed by atoms with Gasteiger partial charge in [0.25, 0.3) is 0 Å². The van der Waals surface area contributed by atoms with Crippen molar-refractivity contribution in [3.63, 3.8) is 0 Å². The molecule has 116 valence electrons. The summed E-state index contributed by atoms with van der Waals surface area (Å²) in [6.45, 7) is 15.1. The monoisotopic (exact) mass is 280 g/mol. The molecule has 1 N–H and O–H groups in total. The minimum Gasteiger partial charge on any atom is -0.508 e. The molecule has 1 aliphatic rings. The van der Waals surface area contributed by atoms with Gasteiger partial charge in [-0.15, -0.1) is 0 Å². The number of rotatable bonds is 4. The molecule has 20 heavy (non-hydrogen) atoms. The number of hydrogen-bond acceptors (Lipinski definition) is 2. The lowest BCUT2D eigenvalue weighted by Gasteiger charge is -2.45. The first kappa shape index (κ1) is 17.3. The third-order valence-electron chi connectivity index (χ3n) is 4.23. The topological polar surface area (TPSA) is 29.5 Å². The number of aliphatic hydroxyl groups is 1. The maximum Gasteiger partial charge on any atom is 0.116 e. The summed E-state index contributed by atoms with van der Waals surface area (Å²) in [5, 5.41) is 9.94. The van der Waals surface area contributed by atoms with Crippen molar-refractivity contribution in [1.82, 2.24) is 0 Å². The average Bonchev–Trinajstić information content (AvgIpc) is 2.24. The van der Waals surface area contributed by atoms with Crippen LogP contribution in [0.25, 0.3) is 0 Å². The van der Waals surface area contributed by atoms with Crippen LogP contribution in [0.4, 0.5) is 0 Å².